The number of amides is 1. The van der Waals surface area contributed by atoms with Crippen LogP contribution in [0.3, 0.4) is 0 Å². The summed E-state index contributed by atoms with van der Waals surface area (Å²) in [5, 5.41) is 3.67. The first kappa shape index (κ1) is 27.4. The van der Waals surface area contributed by atoms with Gasteiger partial charge in [0.05, 0.1) is 17.4 Å². The smallest absolute Gasteiger partial charge is 0.303 e. The molecule has 0 aliphatic rings. The average Bonchev–Trinajstić information content (AvgIpc) is 2.94. The third-order valence-electron chi connectivity index (χ3n) is 6.05. The highest BCUT2D eigenvalue weighted by molar-refractivity contribution is 6.32. The predicted molar refractivity (Wildman–Crippen MR) is 149 cm³/mol. The van der Waals surface area contributed by atoms with Crippen molar-refractivity contribution in [1.82, 2.24) is 19.9 Å². The Bertz CT molecular complexity index is 1610. The van der Waals surface area contributed by atoms with Crippen LogP contribution in [0, 0.1) is 12.3 Å². The van der Waals surface area contributed by atoms with Gasteiger partial charge in [-0.15, -0.1) is 6.42 Å². The van der Waals surface area contributed by atoms with Crippen LogP contribution in [0.4, 0.5) is 5.69 Å². The van der Waals surface area contributed by atoms with Gasteiger partial charge in [-0.3, -0.25) is 23.9 Å². The zero-order valence-corrected chi connectivity index (χ0v) is 22.2. The largest absolute Gasteiger partial charge is 0.458 e. The molecule has 0 unspecified atom stereocenters. The first-order valence-electron chi connectivity index (χ1n) is 12.0. The second-order valence-electron chi connectivity index (χ2n) is 8.78. The molecule has 0 bridgehead atoms. The van der Waals surface area contributed by atoms with E-state index in [9.17, 15) is 14.4 Å². The number of nitrogens with one attached hydrogen (secondary N) is 1. The fraction of sp³-hybridized carbons (Fsp3) is 0.207. The van der Waals surface area contributed by atoms with Crippen molar-refractivity contribution in [3.63, 3.8) is 0 Å². The number of aromatic nitrogens is 3. The lowest BCUT2D eigenvalue weighted by Crippen LogP contribution is -2.25. The SMILES string of the molecule is C#CCN(Cc1cc2c(=O)n(C)c(COC(C)=O)nc2cc1Cl)c1ccc(C(=O)NCc2cccnc2)cc1. The van der Waals surface area contributed by atoms with Crippen molar-refractivity contribution in [2.75, 3.05) is 11.4 Å². The summed E-state index contributed by atoms with van der Waals surface area (Å²) in [5.41, 5.74) is 3.00. The van der Waals surface area contributed by atoms with Crippen LogP contribution in [0.15, 0.2) is 65.7 Å². The molecule has 4 rings (SSSR count). The Morgan fingerprint density at radius 2 is 1.97 bits per heavy atom. The van der Waals surface area contributed by atoms with Crippen LogP contribution in [0.25, 0.3) is 10.9 Å². The molecule has 1 amide bonds. The number of halogens is 1. The van der Waals surface area contributed by atoms with Gasteiger partial charge < -0.3 is 15.0 Å². The maximum atomic E-state index is 13.0. The molecule has 2 aromatic heterocycles. The number of esters is 1. The molecule has 0 radical (unpaired) electrons. The average molecular weight is 544 g/mol. The standard InChI is InChI=1S/C29H26ClN5O4/c1-4-12-35(23-9-7-21(8-10-23)28(37)32-16-20-6-5-11-31-15-20)17-22-13-24-26(14-25(22)30)33-27(18-39-19(2)36)34(3)29(24)38/h1,5-11,13-15H,12,16-18H2,2-3H3,(H,32,37). The van der Waals surface area contributed by atoms with Crippen molar-refractivity contribution in [2.45, 2.75) is 26.6 Å². The summed E-state index contributed by atoms with van der Waals surface area (Å²) >= 11 is 6.59. The Kier molecular flexibility index (Phi) is 8.59. The summed E-state index contributed by atoms with van der Waals surface area (Å²) in [4.78, 5) is 47.2. The predicted octanol–water partition coefficient (Wildman–Crippen LogP) is 3.61. The van der Waals surface area contributed by atoms with Gasteiger partial charge in [0.15, 0.2) is 0 Å². The minimum atomic E-state index is -0.468. The van der Waals surface area contributed by atoms with E-state index in [0.717, 1.165) is 11.3 Å². The number of anilines is 1. The minimum Gasteiger partial charge on any atom is -0.458 e. The van der Waals surface area contributed by atoms with Crippen LogP contribution in [-0.4, -0.2) is 33.0 Å². The molecule has 0 fully saturated rings. The molecule has 39 heavy (non-hydrogen) atoms. The fourth-order valence-corrected chi connectivity index (χ4v) is 4.18. The zero-order chi connectivity index (χ0) is 27.9. The third kappa shape index (κ3) is 6.61. The quantitative estimate of drug-likeness (QED) is 0.254. The van der Waals surface area contributed by atoms with Crippen LogP contribution in [0.2, 0.25) is 5.02 Å². The maximum absolute atomic E-state index is 13.0. The molecule has 10 heteroatoms. The number of ether oxygens (including phenoxy) is 1. The second-order valence-corrected chi connectivity index (χ2v) is 9.19. The number of benzene rings is 2. The molecule has 4 aromatic rings. The van der Waals surface area contributed by atoms with Gasteiger partial charge in [-0.2, -0.15) is 0 Å². The molecular formula is C29H26ClN5O4. The highest BCUT2D eigenvalue weighted by Gasteiger charge is 2.16. The Hall–Kier alpha value is -4.68. The van der Waals surface area contributed by atoms with E-state index >= 15 is 0 Å². The van der Waals surface area contributed by atoms with Gasteiger partial charge in [-0.05, 0) is 53.6 Å². The zero-order valence-electron chi connectivity index (χ0n) is 21.5. The molecule has 0 saturated heterocycles. The summed E-state index contributed by atoms with van der Waals surface area (Å²) < 4.78 is 6.35. The first-order chi connectivity index (χ1) is 18.8. The first-order valence-corrected chi connectivity index (χ1v) is 12.4. The van der Waals surface area contributed by atoms with Crippen LogP contribution in [0.5, 0.6) is 0 Å². The highest BCUT2D eigenvalue weighted by atomic mass is 35.5. The number of rotatable bonds is 9. The van der Waals surface area contributed by atoms with E-state index < -0.39 is 5.97 Å². The van der Waals surface area contributed by atoms with Gasteiger partial charge in [-0.1, -0.05) is 23.6 Å². The van der Waals surface area contributed by atoms with E-state index in [1.54, 1.807) is 43.7 Å². The summed E-state index contributed by atoms with van der Waals surface area (Å²) in [6.45, 7) is 2.14. The van der Waals surface area contributed by atoms with E-state index in [4.69, 9.17) is 22.8 Å². The van der Waals surface area contributed by atoms with Crippen LogP contribution < -0.4 is 15.8 Å². The highest BCUT2D eigenvalue weighted by Crippen LogP contribution is 2.26. The van der Waals surface area contributed by atoms with Crippen LogP contribution in [0.1, 0.15) is 34.2 Å². The number of fused-ring (bicyclic) bond motifs is 1. The molecule has 0 aliphatic heterocycles. The molecule has 2 heterocycles. The van der Waals surface area contributed by atoms with Crippen molar-refractivity contribution < 1.29 is 14.3 Å². The van der Waals surface area contributed by atoms with Gasteiger partial charge >= 0.3 is 5.97 Å². The van der Waals surface area contributed by atoms with Crippen molar-refractivity contribution in [1.29, 1.82) is 0 Å². The van der Waals surface area contributed by atoms with E-state index in [-0.39, 0.29) is 24.6 Å². The molecule has 198 valence electrons. The fourth-order valence-electron chi connectivity index (χ4n) is 3.96. The van der Waals surface area contributed by atoms with Crippen molar-refractivity contribution >= 4 is 40.1 Å². The summed E-state index contributed by atoms with van der Waals surface area (Å²) in [6.07, 6.45) is 9.02. The Morgan fingerprint density at radius 1 is 1.21 bits per heavy atom. The Balaban J connectivity index is 1.54. The molecule has 0 aliphatic carbocycles. The van der Waals surface area contributed by atoms with Gasteiger partial charge in [0, 0.05) is 55.7 Å². The second kappa shape index (κ2) is 12.2. The Morgan fingerprint density at radius 3 is 2.64 bits per heavy atom. The molecule has 2 aromatic carbocycles. The molecular weight excluding hydrogens is 518 g/mol. The van der Waals surface area contributed by atoms with Gasteiger partial charge in [-0.25, -0.2) is 4.98 Å². The summed E-state index contributed by atoms with van der Waals surface area (Å²) in [5.74, 6) is 2.28. The number of carbonyl (C=O) groups excluding carboxylic acids is 2. The lowest BCUT2D eigenvalue weighted by atomic mass is 10.1. The number of terminal acetylenes is 1. The lowest BCUT2D eigenvalue weighted by Gasteiger charge is -2.23. The van der Waals surface area contributed by atoms with Crippen LogP contribution >= 0.6 is 11.6 Å². The lowest BCUT2D eigenvalue weighted by molar-refractivity contribution is -0.142. The minimum absolute atomic E-state index is 0.121. The molecule has 0 saturated carbocycles. The Labute approximate surface area is 230 Å². The van der Waals surface area contributed by atoms with Crippen molar-refractivity contribution in [3.8, 4) is 12.3 Å². The topological polar surface area (TPSA) is 106 Å². The van der Waals surface area contributed by atoms with E-state index in [2.05, 4.69) is 21.2 Å². The molecule has 0 spiro atoms. The maximum Gasteiger partial charge on any atom is 0.303 e. The molecule has 1 N–H and O–H groups in total. The molecule has 0 atom stereocenters. The van der Waals surface area contributed by atoms with Gasteiger partial charge in [0.1, 0.15) is 12.4 Å². The summed E-state index contributed by atoms with van der Waals surface area (Å²) in [6, 6.07) is 14.1. The summed E-state index contributed by atoms with van der Waals surface area (Å²) in [7, 11) is 1.57. The number of carbonyl (C=O) groups is 2. The third-order valence-corrected chi connectivity index (χ3v) is 6.41. The number of nitrogens with zero attached hydrogens (tertiary/aromatic N) is 4. The van der Waals surface area contributed by atoms with E-state index in [1.165, 1.54) is 11.5 Å². The van der Waals surface area contributed by atoms with Crippen LogP contribution in [-0.2, 0) is 36.3 Å². The molecule has 9 nitrogen and oxygen atoms in total. The van der Waals surface area contributed by atoms with Gasteiger partial charge in [0.25, 0.3) is 11.5 Å². The monoisotopic (exact) mass is 543 g/mol. The van der Waals surface area contributed by atoms with Gasteiger partial charge in [0.2, 0.25) is 0 Å². The number of hydrogen-bond donors (Lipinski definition) is 1. The normalized spacial score (nSPS) is 10.6. The van der Waals surface area contributed by atoms with Crippen molar-refractivity contribution in [2.24, 2.45) is 7.05 Å². The van der Waals surface area contributed by atoms with Crippen molar-refractivity contribution in [3.05, 3.63) is 98.8 Å². The van der Waals surface area contributed by atoms with E-state index in [0.29, 0.717) is 46.0 Å². The number of pyridine rings is 1. The van der Waals surface area contributed by atoms with E-state index in [1.807, 2.05) is 29.2 Å². The number of hydrogen-bond acceptors (Lipinski definition) is 7.